The lowest BCUT2D eigenvalue weighted by Crippen LogP contribution is -2.47. The molecule has 1 aliphatic carbocycles. The number of nitrogens with two attached hydrogens (primary N) is 1. The van der Waals surface area contributed by atoms with E-state index in [1.807, 2.05) is 0 Å². The predicted octanol–water partition coefficient (Wildman–Crippen LogP) is 1.20. The summed E-state index contributed by atoms with van der Waals surface area (Å²) in [4.78, 5) is 16.9. The summed E-state index contributed by atoms with van der Waals surface area (Å²) in [7, 11) is 0. The Hall–Kier alpha value is -0.610. The van der Waals surface area contributed by atoms with Crippen molar-refractivity contribution in [2.24, 2.45) is 11.7 Å². The molecule has 3 aliphatic rings. The molecule has 0 radical (unpaired) electrons. The molecule has 2 aliphatic heterocycles. The average Bonchev–Trinajstić information content (AvgIpc) is 3.14. The van der Waals surface area contributed by atoms with Crippen LogP contribution in [-0.4, -0.2) is 54.0 Å². The van der Waals surface area contributed by atoms with Gasteiger partial charge in [0.05, 0.1) is 0 Å². The van der Waals surface area contributed by atoms with Crippen LogP contribution in [-0.2, 0) is 4.79 Å². The van der Waals surface area contributed by atoms with Gasteiger partial charge in [0, 0.05) is 31.6 Å². The van der Waals surface area contributed by atoms with Crippen LogP contribution in [0.5, 0.6) is 0 Å². The Labute approximate surface area is 116 Å². The summed E-state index contributed by atoms with van der Waals surface area (Å²) in [5.41, 5.74) is 6.06. The quantitative estimate of drug-likeness (QED) is 0.831. The van der Waals surface area contributed by atoms with Gasteiger partial charge in [0.1, 0.15) is 0 Å². The molecule has 0 aromatic rings. The van der Waals surface area contributed by atoms with E-state index >= 15 is 0 Å². The first-order valence-corrected chi connectivity index (χ1v) is 8.01. The largest absolute Gasteiger partial charge is 0.343 e. The van der Waals surface area contributed by atoms with Crippen LogP contribution in [0.15, 0.2) is 0 Å². The molecular weight excluding hydrogens is 238 g/mol. The highest BCUT2D eigenvalue weighted by molar-refractivity contribution is 5.77. The minimum atomic E-state index is 0.115. The molecule has 0 spiro atoms. The molecule has 3 fully saturated rings. The van der Waals surface area contributed by atoms with Crippen LogP contribution in [0.2, 0.25) is 0 Å². The van der Waals surface area contributed by atoms with E-state index in [0.717, 1.165) is 32.0 Å². The molecule has 1 saturated carbocycles. The van der Waals surface area contributed by atoms with Gasteiger partial charge in [-0.3, -0.25) is 4.79 Å². The van der Waals surface area contributed by atoms with E-state index in [0.29, 0.717) is 18.2 Å². The Kier molecular flexibility index (Phi) is 4.08. The zero-order valence-corrected chi connectivity index (χ0v) is 11.9. The first-order chi connectivity index (χ1) is 9.24. The lowest BCUT2D eigenvalue weighted by molar-refractivity contribution is -0.133. The van der Waals surface area contributed by atoms with Crippen molar-refractivity contribution in [2.45, 2.75) is 57.0 Å². The van der Waals surface area contributed by atoms with Crippen molar-refractivity contribution < 1.29 is 4.79 Å². The normalized spacial score (nSPS) is 27.7. The van der Waals surface area contributed by atoms with Crippen LogP contribution < -0.4 is 5.73 Å². The number of hydrogen-bond donors (Lipinski definition) is 1. The molecule has 1 atom stereocenters. The molecule has 0 bridgehead atoms. The Morgan fingerprint density at radius 3 is 2.26 bits per heavy atom. The molecule has 2 heterocycles. The molecule has 108 valence electrons. The van der Waals surface area contributed by atoms with E-state index in [2.05, 4.69) is 9.80 Å². The van der Waals surface area contributed by atoms with Crippen molar-refractivity contribution in [3.05, 3.63) is 0 Å². The van der Waals surface area contributed by atoms with Gasteiger partial charge in [0.15, 0.2) is 0 Å². The minimum absolute atomic E-state index is 0.115. The Bertz CT molecular complexity index is 315. The number of likely N-dealkylation sites (tertiary alicyclic amines) is 2. The van der Waals surface area contributed by atoms with Gasteiger partial charge in [-0.25, -0.2) is 0 Å². The summed E-state index contributed by atoms with van der Waals surface area (Å²) in [5, 5.41) is 0. The molecule has 0 aromatic carbocycles. The molecule has 0 aromatic heterocycles. The maximum atomic E-state index is 12.2. The van der Waals surface area contributed by atoms with Crippen molar-refractivity contribution in [1.29, 1.82) is 0 Å². The van der Waals surface area contributed by atoms with Gasteiger partial charge in [-0.15, -0.1) is 0 Å². The zero-order valence-electron chi connectivity index (χ0n) is 11.9. The van der Waals surface area contributed by atoms with Gasteiger partial charge in [0.2, 0.25) is 5.91 Å². The van der Waals surface area contributed by atoms with Crippen LogP contribution in [0, 0.1) is 5.92 Å². The molecule has 19 heavy (non-hydrogen) atoms. The summed E-state index contributed by atoms with van der Waals surface area (Å²) in [6, 6.07) is 0.840. The molecule has 4 nitrogen and oxygen atoms in total. The topological polar surface area (TPSA) is 49.6 Å². The average molecular weight is 265 g/mol. The highest BCUT2D eigenvalue weighted by Crippen LogP contribution is 2.33. The third-order valence-corrected chi connectivity index (χ3v) is 5.11. The van der Waals surface area contributed by atoms with Crippen LogP contribution in [0.1, 0.15) is 44.9 Å². The standard InChI is InChI=1S/C15H27N3O/c16-14(12-3-4-12)11-15(19)18-9-5-13(6-10-18)17-7-1-2-8-17/h12-14H,1-11,16H2. The summed E-state index contributed by atoms with van der Waals surface area (Å²) in [5.74, 6) is 0.922. The maximum Gasteiger partial charge on any atom is 0.224 e. The molecule has 4 heteroatoms. The van der Waals surface area contributed by atoms with Crippen molar-refractivity contribution in [1.82, 2.24) is 9.80 Å². The van der Waals surface area contributed by atoms with E-state index in [9.17, 15) is 4.79 Å². The SMILES string of the molecule is NC(CC(=O)N1CCC(N2CCCC2)CC1)C1CC1. The van der Waals surface area contributed by atoms with Gasteiger partial charge >= 0.3 is 0 Å². The molecule has 1 amide bonds. The van der Waals surface area contributed by atoms with Crippen molar-refractivity contribution in [2.75, 3.05) is 26.2 Å². The number of rotatable bonds is 4. The fourth-order valence-electron chi connectivity index (χ4n) is 3.61. The van der Waals surface area contributed by atoms with Gasteiger partial charge in [-0.05, 0) is 57.5 Å². The molecule has 1 unspecified atom stereocenters. The number of carbonyl (C=O) groups excluding carboxylic acids is 1. The lowest BCUT2D eigenvalue weighted by atomic mass is 10.0. The number of amides is 1. The second-order valence-electron chi connectivity index (χ2n) is 6.56. The third-order valence-electron chi connectivity index (χ3n) is 5.11. The van der Waals surface area contributed by atoms with E-state index < -0.39 is 0 Å². The Morgan fingerprint density at radius 1 is 1.05 bits per heavy atom. The second kappa shape index (κ2) is 5.80. The van der Waals surface area contributed by atoms with Crippen molar-refractivity contribution >= 4 is 5.91 Å². The highest BCUT2D eigenvalue weighted by Gasteiger charge is 2.33. The number of carbonyl (C=O) groups is 1. The van der Waals surface area contributed by atoms with E-state index in [-0.39, 0.29) is 6.04 Å². The third kappa shape index (κ3) is 3.29. The number of hydrogen-bond acceptors (Lipinski definition) is 3. The van der Waals surface area contributed by atoms with Gasteiger partial charge in [-0.1, -0.05) is 0 Å². The van der Waals surface area contributed by atoms with Crippen LogP contribution in [0.25, 0.3) is 0 Å². The molecular formula is C15H27N3O. The van der Waals surface area contributed by atoms with Gasteiger partial charge < -0.3 is 15.5 Å². The predicted molar refractivity (Wildman–Crippen MR) is 75.7 cm³/mol. The first-order valence-electron chi connectivity index (χ1n) is 8.01. The summed E-state index contributed by atoms with van der Waals surface area (Å²) in [6.45, 7) is 4.42. The number of piperidine rings is 1. The van der Waals surface area contributed by atoms with Gasteiger partial charge in [-0.2, -0.15) is 0 Å². The number of nitrogens with zero attached hydrogens (tertiary/aromatic N) is 2. The molecule has 3 rings (SSSR count). The van der Waals surface area contributed by atoms with Crippen LogP contribution in [0.4, 0.5) is 0 Å². The molecule has 2 saturated heterocycles. The van der Waals surface area contributed by atoms with Crippen LogP contribution in [0.3, 0.4) is 0 Å². The smallest absolute Gasteiger partial charge is 0.224 e. The highest BCUT2D eigenvalue weighted by atomic mass is 16.2. The summed E-state index contributed by atoms with van der Waals surface area (Å²) in [6.07, 6.45) is 8.05. The minimum Gasteiger partial charge on any atom is -0.343 e. The Morgan fingerprint density at radius 2 is 1.68 bits per heavy atom. The fraction of sp³-hybridized carbons (Fsp3) is 0.933. The fourth-order valence-corrected chi connectivity index (χ4v) is 3.61. The lowest BCUT2D eigenvalue weighted by Gasteiger charge is -2.37. The second-order valence-corrected chi connectivity index (χ2v) is 6.56. The van der Waals surface area contributed by atoms with Crippen molar-refractivity contribution in [3.8, 4) is 0 Å². The maximum absolute atomic E-state index is 12.2. The van der Waals surface area contributed by atoms with Crippen molar-refractivity contribution in [3.63, 3.8) is 0 Å². The van der Waals surface area contributed by atoms with Gasteiger partial charge in [0.25, 0.3) is 0 Å². The van der Waals surface area contributed by atoms with Crippen LogP contribution >= 0.6 is 0 Å². The monoisotopic (exact) mass is 265 g/mol. The van der Waals surface area contributed by atoms with E-state index in [1.54, 1.807) is 0 Å². The Balaban J connectivity index is 1.42. The van der Waals surface area contributed by atoms with E-state index in [1.165, 1.54) is 38.8 Å². The first kappa shape index (κ1) is 13.4. The van der Waals surface area contributed by atoms with E-state index in [4.69, 9.17) is 5.73 Å². The zero-order chi connectivity index (χ0) is 13.2. The summed E-state index contributed by atoms with van der Waals surface area (Å²) >= 11 is 0. The molecule has 2 N–H and O–H groups in total. The summed E-state index contributed by atoms with van der Waals surface area (Å²) < 4.78 is 0.